The van der Waals surface area contributed by atoms with Crippen molar-refractivity contribution in [1.82, 2.24) is 0 Å². The van der Waals surface area contributed by atoms with Crippen molar-refractivity contribution in [3.63, 3.8) is 0 Å². The predicted octanol–water partition coefficient (Wildman–Crippen LogP) is -1.88. The van der Waals surface area contributed by atoms with Crippen molar-refractivity contribution in [3.8, 4) is 0 Å². The minimum Gasteiger partial charge on any atom is -1.00 e. The van der Waals surface area contributed by atoms with Crippen molar-refractivity contribution in [1.29, 1.82) is 0 Å². The number of aliphatic hydroxyl groups excluding tert-OH is 2. The first-order valence-electron chi connectivity index (χ1n) is 3.68. The minimum atomic E-state index is -1.91. The third kappa shape index (κ3) is 7.69. The van der Waals surface area contributed by atoms with Crippen LogP contribution in [0.4, 0.5) is 0 Å². The van der Waals surface area contributed by atoms with Gasteiger partial charge < -0.3 is 22.9 Å². The summed E-state index contributed by atoms with van der Waals surface area (Å²) in [6, 6.07) is 0. The SMILES string of the molecule is CC(O)C(=O)OC(=O)CC(O)C(=O)O.[Ca+2].[H-].[H-]. The molecule has 0 aromatic carbocycles. The number of hydrogen-bond donors (Lipinski definition) is 3. The van der Waals surface area contributed by atoms with Gasteiger partial charge in [0, 0.05) is 0 Å². The van der Waals surface area contributed by atoms with Gasteiger partial charge in [0.2, 0.25) is 0 Å². The fourth-order valence-electron chi connectivity index (χ4n) is 0.484. The maximum Gasteiger partial charge on any atom is 2.00 e. The van der Waals surface area contributed by atoms with E-state index in [1.165, 1.54) is 0 Å². The average Bonchev–Trinajstić information content (AvgIpc) is 2.03. The molecule has 0 aliphatic carbocycles. The van der Waals surface area contributed by atoms with Gasteiger partial charge in [-0.25, -0.2) is 9.59 Å². The number of carboxylic acids is 1. The second-order valence-electron chi connectivity index (χ2n) is 2.53. The topological polar surface area (TPSA) is 121 Å². The average molecular weight is 248 g/mol. The number of hydrogen-bond acceptors (Lipinski definition) is 6. The summed E-state index contributed by atoms with van der Waals surface area (Å²) in [7, 11) is 0. The van der Waals surface area contributed by atoms with Crippen LogP contribution in [0.5, 0.6) is 0 Å². The molecule has 0 amide bonds. The molecule has 0 aliphatic heterocycles. The van der Waals surface area contributed by atoms with Gasteiger partial charge in [0.05, 0.1) is 6.42 Å². The van der Waals surface area contributed by atoms with Crippen LogP contribution in [0.1, 0.15) is 16.2 Å². The second kappa shape index (κ2) is 8.00. The number of carboxylic acid groups (broad SMARTS) is 1. The fourth-order valence-corrected chi connectivity index (χ4v) is 0.484. The van der Waals surface area contributed by atoms with E-state index >= 15 is 0 Å². The summed E-state index contributed by atoms with van der Waals surface area (Å²) in [6.07, 6.45) is -4.22. The number of aliphatic hydroxyl groups is 2. The Morgan fingerprint density at radius 2 is 1.80 bits per heavy atom. The maximum atomic E-state index is 10.7. The molecule has 0 rings (SSSR count). The molecule has 8 heteroatoms. The van der Waals surface area contributed by atoms with Crippen LogP contribution < -0.4 is 0 Å². The molecular weight excluding hydrogens is 236 g/mol. The van der Waals surface area contributed by atoms with E-state index < -0.39 is 36.5 Å². The van der Waals surface area contributed by atoms with E-state index in [0.717, 1.165) is 6.92 Å². The monoisotopic (exact) mass is 248 g/mol. The Balaban J connectivity index is -0.000000282. The molecule has 0 aromatic rings. The van der Waals surface area contributed by atoms with E-state index in [-0.39, 0.29) is 40.6 Å². The van der Waals surface area contributed by atoms with E-state index in [1.807, 2.05) is 0 Å². The molecular formula is C7H12CaO7. The third-order valence-electron chi connectivity index (χ3n) is 1.20. The molecule has 0 bridgehead atoms. The Kier molecular flexibility index (Phi) is 9.17. The number of carbonyl (C=O) groups excluding carboxylic acids is 2. The van der Waals surface area contributed by atoms with E-state index in [9.17, 15) is 14.4 Å². The largest absolute Gasteiger partial charge is 2.00 e. The molecule has 0 aliphatic rings. The van der Waals surface area contributed by atoms with Crippen LogP contribution in [0.2, 0.25) is 0 Å². The smallest absolute Gasteiger partial charge is 1.00 e. The van der Waals surface area contributed by atoms with Gasteiger partial charge >= 0.3 is 55.6 Å². The normalized spacial score (nSPS) is 13.3. The zero-order valence-electron chi connectivity index (χ0n) is 10.0. The summed E-state index contributed by atoms with van der Waals surface area (Å²) in [6.45, 7) is 1.09. The summed E-state index contributed by atoms with van der Waals surface area (Å²) in [5, 5.41) is 25.5. The van der Waals surface area contributed by atoms with Crippen LogP contribution in [0, 0.1) is 0 Å². The Hall–Kier alpha value is -0.210. The molecule has 0 saturated carbocycles. The van der Waals surface area contributed by atoms with Crippen LogP contribution >= 0.6 is 0 Å². The first kappa shape index (κ1) is 17.2. The van der Waals surface area contributed by atoms with Crippen molar-refractivity contribution in [2.75, 3.05) is 0 Å². The number of aliphatic carboxylic acids is 1. The van der Waals surface area contributed by atoms with E-state index in [1.54, 1.807) is 0 Å². The van der Waals surface area contributed by atoms with Crippen LogP contribution in [-0.2, 0) is 19.1 Å². The van der Waals surface area contributed by atoms with Crippen molar-refractivity contribution < 1.29 is 37.3 Å². The molecule has 0 spiro atoms. The zero-order valence-corrected chi connectivity index (χ0v) is 10.3. The molecule has 15 heavy (non-hydrogen) atoms. The van der Waals surface area contributed by atoms with Gasteiger partial charge in [0.25, 0.3) is 0 Å². The summed E-state index contributed by atoms with van der Waals surface area (Å²) in [5.41, 5.74) is 0. The van der Waals surface area contributed by atoms with Gasteiger partial charge in [-0.3, -0.25) is 4.79 Å². The van der Waals surface area contributed by atoms with Gasteiger partial charge in [-0.2, -0.15) is 0 Å². The molecule has 0 saturated heterocycles. The van der Waals surface area contributed by atoms with Crippen LogP contribution in [0.15, 0.2) is 0 Å². The molecule has 0 fully saturated rings. The number of esters is 2. The Labute approximate surface area is 118 Å². The van der Waals surface area contributed by atoms with Crippen molar-refractivity contribution in [3.05, 3.63) is 0 Å². The quantitative estimate of drug-likeness (QED) is 0.302. The molecule has 0 radical (unpaired) electrons. The van der Waals surface area contributed by atoms with E-state index in [0.29, 0.717) is 0 Å². The van der Waals surface area contributed by atoms with Gasteiger partial charge in [0.15, 0.2) is 6.10 Å². The van der Waals surface area contributed by atoms with Gasteiger partial charge in [-0.1, -0.05) is 0 Å². The molecule has 84 valence electrons. The predicted molar refractivity (Wildman–Crippen MR) is 49.0 cm³/mol. The van der Waals surface area contributed by atoms with Gasteiger partial charge in [0.1, 0.15) is 6.10 Å². The van der Waals surface area contributed by atoms with Gasteiger partial charge in [-0.15, -0.1) is 0 Å². The number of carbonyl (C=O) groups is 3. The van der Waals surface area contributed by atoms with E-state index in [4.69, 9.17) is 15.3 Å². The Morgan fingerprint density at radius 1 is 1.33 bits per heavy atom. The molecule has 0 aromatic heterocycles. The van der Waals surface area contributed by atoms with Crippen LogP contribution in [0.3, 0.4) is 0 Å². The van der Waals surface area contributed by atoms with Crippen molar-refractivity contribution in [2.24, 2.45) is 0 Å². The summed E-state index contributed by atoms with van der Waals surface area (Å²) < 4.78 is 3.98. The first-order valence-corrected chi connectivity index (χ1v) is 3.68. The van der Waals surface area contributed by atoms with Crippen LogP contribution in [0.25, 0.3) is 0 Å². The number of rotatable bonds is 4. The van der Waals surface area contributed by atoms with Crippen LogP contribution in [-0.4, -0.2) is 83.2 Å². The molecule has 3 N–H and O–H groups in total. The minimum absolute atomic E-state index is 0. The fraction of sp³-hybridized carbons (Fsp3) is 0.571. The van der Waals surface area contributed by atoms with Crippen molar-refractivity contribution in [2.45, 2.75) is 25.6 Å². The first-order chi connectivity index (χ1) is 6.34. The van der Waals surface area contributed by atoms with E-state index in [2.05, 4.69) is 4.74 Å². The standard InChI is InChI=1S/C7H10O7.Ca.2H/c1-3(8)7(13)14-5(10)2-4(9)6(11)12;;;/h3-4,8-9H,2H2,1H3,(H,11,12);;;/q;+2;2*-1. The van der Waals surface area contributed by atoms with Gasteiger partial charge in [-0.05, 0) is 6.92 Å². The number of ether oxygens (including phenoxy) is 1. The molecule has 7 nitrogen and oxygen atoms in total. The summed E-state index contributed by atoms with van der Waals surface area (Å²) in [4.78, 5) is 31.3. The summed E-state index contributed by atoms with van der Waals surface area (Å²) in [5.74, 6) is -3.98. The second-order valence-corrected chi connectivity index (χ2v) is 2.53. The summed E-state index contributed by atoms with van der Waals surface area (Å²) >= 11 is 0. The van der Waals surface area contributed by atoms with Crippen molar-refractivity contribution >= 4 is 55.6 Å². The molecule has 2 unspecified atom stereocenters. The third-order valence-corrected chi connectivity index (χ3v) is 1.20. The Bertz CT molecular complexity index is 259. The molecule has 0 heterocycles. The molecule has 2 atom stereocenters. The Morgan fingerprint density at radius 3 is 2.13 bits per heavy atom. The maximum absolute atomic E-state index is 10.7. The zero-order chi connectivity index (χ0) is 11.3.